The first-order valence-electron chi connectivity index (χ1n) is 8.98. The number of carbonyl (C=O) groups excluding carboxylic acids is 2. The van der Waals surface area contributed by atoms with Crippen LogP contribution in [0.5, 0.6) is 0 Å². The zero-order valence-corrected chi connectivity index (χ0v) is 17.1. The van der Waals surface area contributed by atoms with Gasteiger partial charge in [0.25, 0.3) is 11.8 Å². The van der Waals surface area contributed by atoms with E-state index in [0.29, 0.717) is 21.2 Å². The van der Waals surface area contributed by atoms with E-state index in [1.807, 2.05) is 55.5 Å². The SMILES string of the molecule is Cc1cccc(NC(=O)c2cccc(NC(=O)c3sc4ccccc4c3Cl)c2)c1. The van der Waals surface area contributed by atoms with Gasteiger partial charge in [0, 0.05) is 27.0 Å². The molecule has 0 saturated carbocycles. The maximum absolute atomic E-state index is 12.7. The smallest absolute Gasteiger partial charge is 0.267 e. The number of thiophene rings is 1. The lowest BCUT2D eigenvalue weighted by atomic mass is 10.1. The maximum Gasteiger partial charge on any atom is 0.267 e. The number of halogens is 1. The molecular weight excluding hydrogens is 404 g/mol. The van der Waals surface area contributed by atoms with Crippen molar-refractivity contribution in [3.8, 4) is 0 Å². The molecule has 6 heteroatoms. The van der Waals surface area contributed by atoms with Crippen LogP contribution in [0.2, 0.25) is 5.02 Å². The minimum atomic E-state index is -0.299. The van der Waals surface area contributed by atoms with Crippen molar-refractivity contribution in [2.45, 2.75) is 6.92 Å². The van der Waals surface area contributed by atoms with Gasteiger partial charge in [-0.05, 0) is 48.9 Å². The number of nitrogens with one attached hydrogen (secondary N) is 2. The molecule has 0 fully saturated rings. The van der Waals surface area contributed by atoms with E-state index in [2.05, 4.69) is 10.6 Å². The minimum Gasteiger partial charge on any atom is -0.322 e. The molecule has 4 aromatic rings. The average molecular weight is 421 g/mol. The van der Waals surface area contributed by atoms with Gasteiger partial charge < -0.3 is 10.6 Å². The van der Waals surface area contributed by atoms with Gasteiger partial charge in [0.2, 0.25) is 0 Å². The number of rotatable bonds is 4. The molecule has 0 atom stereocenters. The quantitative estimate of drug-likeness (QED) is 0.403. The van der Waals surface area contributed by atoms with Gasteiger partial charge in [-0.1, -0.05) is 48.0 Å². The highest BCUT2D eigenvalue weighted by Crippen LogP contribution is 2.35. The van der Waals surface area contributed by atoms with Crippen LogP contribution in [-0.2, 0) is 0 Å². The molecule has 0 spiro atoms. The molecule has 4 nitrogen and oxygen atoms in total. The summed E-state index contributed by atoms with van der Waals surface area (Å²) in [5.74, 6) is -0.543. The van der Waals surface area contributed by atoms with E-state index in [4.69, 9.17) is 11.6 Å². The van der Waals surface area contributed by atoms with Crippen molar-refractivity contribution in [3.05, 3.63) is 93.8 Å². The standard InChI is InChI=1S/C23H17ClN2O2S/c1-14-6-4-8-16(12-14)25-22(27)15-7-5-9-17(13-15)26-23(28)21-20(24)18-10-2-3-11-19(18)29-21/h2-13H,1H3,(H,25,27)(H,26,28). The lowest BCUT2D eigenvalue weighted by Gasteiger charge is -2.08. The largest absolute Gasteiger partial charge is 0.322 e. The Bertz CT molecular complexity index is 1230. The zero-order valence-electron chi connectivity index (χ0n) is 15.5. The highest BCUT2D eigenvalue weighted by Gasteiger charge is 2.17. The van der Waals surface area contributed by atoms with Gasteiger partial charge in [-0.2, -0.15) is 0 Å². The molecule has 4 rings (SSSR count). The average Bonchev–Trinajstić information content (AvgIpc) is 3.05. The van der Waals surface area contributed by atoms with E-state index in [1.54, 1.807) is 24.3 Å². The Hall–Kier alpha value is -3.15. The van der Waals surface area contributed by atoms with Crippen molar-refractivity contribution >= 4 is 56.2 Å². The number of carbonyl (C=O) groups is 2. The van der Waals surface area contributed by atoms with E-state index in [1.165, 1.54) is 11.3 Å². The summed E-state index contributed by atoms with van der Waals surface area (Å²) in [6.07, 6.45) is 0. The van der Waals surface area contributed by atoms with Crippen molar-refractivity contribution in [1.29, 1.82) is 0 Å². The highest BCUT2D eigenvalue weighted by molar-refractivity contribution is 7.21. The van der Waals surface area contributed by atoms with Gasteiger partial charge in [-0.25, -0.2) is 0 Å². The third kappa shape index (κ3) is 4.16. The zero-order chi connectivity index (χ0) is 20.4. The fourth-order valence-electron chi connectivity index (χ4n) is 3.01. The van der Waals surface area contributed by atoms with Crippen molar-refractivity contribution in [1.82, 2.24) is 0 Å². The molecule has 1 heterocycles. The van der Waals surface area contributed by atoms with Crippen LogP contribution in [0.3, 0.4) is 0 Å². The molecule has 0 radical (unpaired) electrons. The van der Waals surface area contributed by atoms with E-state index in [9.17, 15) is 9.59 Å². The van der Waals surface area contributed by atoms with E-state index < -0.39 is 0 Å². The maximum atomic E-state index is 12.7. The Kier molecular flexibility index (Phi) is 5.34. The molecule has 2 N–H and O–H groups in total. The normalized spacial score (nSPS) is 10.7. The molecule has 144 valence electrons. The Morgan fingerprint density at radius 1 is 0.828 bits per heavy atom. The molecule has 29 heavy (non-hydrogen) atoms. The summed E-state index contributed by atoms with van der Waals surface area (Å²) >= 11 is 7.73. The van der Waals surface area contributed by atoms with Gasteiger partial charge >= 0.3 is 0 Å². The molecule has 3 aromatic carbocycles. The Balaban J connectivity index is 1.53. The van der Waals surface area contributed by atoms with Gasteiger partial charge in [0.15, 0.2) is 0 Å². The molecule has 0 aliphatic rings. The second-order valence-electron chi connectivity index (χ2n) is 6.60. The first kappa shape index (κ1) is 19.2. The minimum absolute atomic E-state index is 0.244. The second kappa shape index (κ2) is 8.07. The van der Waals surface area contributed by atoms with Gasteiger partial charge in [-0.3, -0.25) is 9.59 Å². The number of amides is 2. The Morgan fingerprint density at radius 2 is 1.52 bits per heavy atom. The second-order valence-corrected chi connectivity index (χ2v) is 8.03. The molecule has 2 amide bonds. The third-order valence-electron chi connectivity index (χ3n) is 4.40. The van der Waals surface area contributed by atoms with Crippen LogP contribution in [-0.4, -0.2) is 11.8 Å². The fourth-order valence-corrected chi connectivity index (χ4v) is 4.42. The predicted molar refractivity (Wildman–Crippen MR) is 120 cm³/mol. The van der Waals surface area contributed by atoms with Crippen LogP contribution in [0.4, 0.5) is 11.4 Å². The number of hydrogen-bond acceptors (Lipinski definition) is 3. The Morgan fingerprint density at radius 3 is 2.28 bits per heavy atom. The first-order valence-corrected chi connectivity index (χ1v) is 10.2. The van der Waals surface area contributed by atoms with Crippen molar-refractivity contribution < 1.29 is 9.59 Å². The molecule has 1 aromatic heterocycles. The van der Waals surface area contributed by atoms with Gasteiger partial charge in [0.1, 0.15) is 4.88 Å². The summed E-state index contributed by atoms with van der Waals surface area (Å²) in [6.45, 7) is 1.96. The number of benzene rings is 3. The fraction of sp³-hybridized carbons (Fsp3) is 0.0435. The van der Waals surface area contributed by atoms with Crippen molar-refractivity contribution in [2.24, 2.45) is 0 Å². The van der Waals surface area contributed by atoms with Crippen LogP contribution in [0.1, 0.15) is 25.6 Å². The number of aryl methyl sites for hydroxylation is 1. The number of fused-ring (bicyclic) bond motifs is 1. The summed E-state index contributed by atoms with van der Waals surface area (Å²) in [5, 5.41) is 7.00. The molecule has 0 saturated heterocycles. The lowest BCUT2D eigenvalue weighted by Crippen LogP contribution is -2.14. The summed E-state index contributed by atoms with van der Waals surface area (Å²) in [7, 11) is 0. The van der Waals surface area contributed by atoms with E-state index >= 15 is 0 Å². The van der Waals surface area contributed by atoms with Crippen LogP contribution in [0, 0.1) is 6.92 Å². The predicted octanol–water partition coefficient (Wildman–Crippen LogP) is 6.37. The lowest BCUT2D eigenvalue weighted by molar-refractivity contribution is 0.101. The van der Waals surface area contributed by atoms with Crippen LogP contribution >= 0.6 is 22.9 Å². The summed E-state index contributed by atoms with van der Waals surface area (Å²) in [6, 6.07) is 22.0. The topological polar surface area (TPSA) is 58.2 Å². The molecule has 0 aliphatic heterocycles. The van der Waals surface area contributed by atoms with Crippen molar-refractivity contribution in [3.63, 3.8) is 0 Å². The summed E-state index contributed by atoms with van der Waals surface area (Å²) in [5.41, 5.74) is 2.76. The Labute approximate surface area is 177 Å². The van der Waals surface area contributed by atoms with Crippen LogP contribution in [0.15, 0.2) is 72.8 Å². The first-order chi connectivity index (χ1) is 14.0. The van der Waals surface area contributed by atoms with E-state index in [-0.39, 0.29) is 11.8 Å². The van der Waals surface area contributed by atoms with Crippen LogP contribution in [0.25, 0.3) is 10.1 Å². The van der Waals surface area contributed by atoms with Gasteiger partial charge in [0.05, 0.1) is 5.02 Å². The summed E-state index contributed by atoms with van der Waals surface area (Å²) in [4.78, 5) is 25.7. The number of anilines is 2. The summed E-state index contributed by atoms with van der Waals surface area (Å²) < 4.78 is 0.953. The molecule has 0 unspecified atom stereocenters. The third-order valence-corrected chi connectivity index (χ3v) is 6.07. The highest BCUT2D eigenvalue weighted by atomic mass is 35.5. The number of hydrogen-bond donors (Lipinski definition) is 2. The monoisotopic (exact) mass is 420 g/mol. The van der Waals surface area contributed by atoms with Gasteiger partial charge in [-0.15, -0.1) is 11.3 Å². The molecule has 0 bridgehead atoms. The van der Waals surface area contributed by atoms with E-state index in [0.717, 1.165) is 21.3 Å². The molecular formula is C23H17ClN2O2S. The van der Waals surface area contributed by atoms with Crippen molar-refractivity contribution in [2.75, 3.05) is 10.6 Å². The molecule has 0 aliphatic carbocycles. The van der Waals surface area contributed by atoms with Crippen LogP contribution < -0.4 is 10.6 Å².